The molecule has 0 saturated heterocycles. The van der Waals surface area contributed by atoms with Gasteiger partial charge in [-0.05, 0) is 32.0 Å². The predicted molar refractivity (Wildman–Crippen MR) is 86.3 cm³/mol. The fraction of sp³-hybridized carbons (Fsp3) is 0.312. The predicted octanol–water partition coefficient (Wildman–Crippen LogP) is 1.48. The summed E-state index contributed by atoms with van der Waals surface area (Å²) in [5.41, 5.74) is 3.71. The number of hydrogen-bond acceptors (Lipinski definition) is 5. The fourth-order valence-corrected chi connectivity index (χ4v) is 2.58. The van der Waals surface area contributed by atoms with E-state index in [1.807, 2.05) is 20.9 Å². The maximum Gasteiger partial charge on any atom is 0.269 e. The summed E-state index contributed by atoms with van der Waals surface area (Å²) >= 11 is 0. The third-order valence-electron chi connectivity index (χ3n) is 3.92. The zero-order valence-corrected chi connectivity index (χ0v) is 13.7. The number of aryl methyl sites for hydroxylation is 2. The Labute approximate surface area is 138 Å². The van der Waals surface area contributed by atoms with Gasteiger partial charge in [-0.25, -0.2) is 0 Å². The molecular weight excluding hydrogens is 310 g/mol. The average Bonchev–Trinajstić information content (AvgIpc) is 3.27. The van der Waals surface area contributed by atoms with E-state index in [2.05, 4.69) is 20.6 Å². The Hall–Kier alpha value is -2.87. The second kappa shape index (κ2) is 6.32. The SMILES string of the molecule is Cc1nn(C)c(C)c1-c1cc(C(=O)NC[C@@H](O)c2ccco2)[nH]n1. The van der Waals surface area contributed by atoms with Crippen LogP contribution in [-0.4, -0.2) is 37.5 Å². The van der Waals surface area contributed by atoms with Crippen LogP contribution in [0.2, 0.25) is 0 Å². The van der Waals surface area contributed by atoms with Crippen molar-refractivity contribution in [3.8, 4) is 11.3 Å². The summed E-state index contributed by atoms with van der Waals surface area (Å²) < 4.78 is 6.87. The normalized spacial score (nSPS) is 12.3. The number of aromatic amines is 1. The number of hydrogen-bond donors (Lipinski definition) is 3. The number of carbonyl (C=O) groups is 1. The average molecular weight is 329 g/mol. The zero-order chi connectivity index (χ0) is 17.3. The summed E-state index contributed by atoms with van der Waals surface area (Å²) in [5, 5.41) is 23.8. The Balaban J connectivity index is 1.70. The van der Waals surface area contributed by atoms with Gasteiger partial charge in [-0.1, -0.05) is 0 Å². The van der Waals surface area contributed by atoms with Crippen LogP contribution in [0.4, 0.5) is 0 Å². The monoisotopic (exact) mass is 329 g/mol. The Bertz CT molecular complexity index is 847. The molecule has 8 heteroatoms. The molecule has 8 nitrogen and oxygen atoms in total. The Morgan fingerprint density at radius 2 is 2.29 bits per heavy atom. The van der Waals surface area contributed by atoms with E-state index in [0.717, 1.165) is 17.0 Å². The van der Waals surface area contributed by atoms with Crippen molar-refractivity contribution in [1.82, 2.24) is 25.3 Å². The largest absolute Gasteiger partial charge is 0.467 e. The van der Waals surface area contributed by atoms with Crippen LogP contribution < -0.4 is 5.32 Å². The van der Waals surface area contributed by atoms with E-state index < -0.39 is 6.10 Å². The highest BCUT2D eigenvalue weighted by molar-refractivity contribution is 5.93. The lowest BCUT2D eigenvalue weighted by Gasteiger charge is -2.08. The Morgan fingerprint density at radius 3 is 2.92 bits per heavy atom. The van der Waals surface area contributed by atoms with Crippen molar-refractivity contribution >= 4 is 5.91 Å². The molecule has 0 radical (unpaired) electrons. The van der Waals surface area contributed by atoms with Crippen molar-refractivity contribution in [3.05, 3.63) is 47.3 Å². The molecule has 3 heterocycles. The van der Waals surface area contributed by atoms with E-state index in [1.165, 1.54) is 6.26 Å². The summed E-state index contributed by atoms with van der Waals surface area (Å²) in [6, 6.07) is 5.00. The molecule has 0 unspecified atom stereocenters. The summed E-state index contributed by atoms with van der Waals surface area (Å²) in [6.07, 6.45) is 0.578. The van der Waals surface area contributed by atoms with E-state index >= 15 is 0 Å². The van der Waals surface area contributed by atoms with Crippen LogP contribution in [0.1, 0.15) is 33.7 Å². The van der Waals surface area contributed by atoms with Gasteiger partial charge < -0.3 is 14.8 Å². The van der Waals surface area contributed by atoms with Crippen molar-refractivity contribution in [1.29, 1.82) is 0 Å². The number of nitrogens with one attached hydrogen (secondary N) is 2. The van der Waals surface area contributed by atoms with Crippen molar-refractivity contribution < 1.29 is 14.3 Å². The Kier molecular flexibility index (Phi) is 4.22. The molecule has 1 atom stereocenters. The third-order valence-corrected chi connectivity index (χ3v) is 3.92. The highest BCUT2D eigenvalue weighted by Gasteiger charge is 2.18. The second-order valence-electron chi connectivity index (χ2n) is 5.58. The molecule has 1 amide bonds. The number of carbonyl (C=O) groups excluding carboxylic acids is 1. The molecule has 0 aromatic carbocycles. The maximum absolute atomic E-state index is 12.2. The quantitative estimate of drug-likeness (QED) is 0.657. The highest BCUT2D eigenvalue weighted by Crippen LogP contribution is 2.25. The summed E-state index contributed by atoms with van der Waals surface area (Å²) in [7, 11) is 1.86. The number of nitrogens with zero attached hydrogens (tertiary/aromatic N) is 3. The minimum atomic E-state index is -0.894. The van der Waals surface area contributed by atoms with Crippen LogP contribution in [0.3, 0.4) is 0 Å². The van der Waals surface area contributed by atoms with E-state index in [9.17, 15) is 9.90 Å². The van der Waals surface area contributed by atoms with Gasteiger partial charge >= 0.3 is 0 Å². The lowest BCUT2D eigenvalue weighted by molar-refractivity contribution is 0.0896. The van der Waals surface area contributed by atoms with Gasteiger partial charge in [0.15, 0.2) is 0 Å². The number of aromatic nitrogens is 4. The lowest BCUT2D eigenvalue weighted by Crippen LogP contribution is -2.28. The molecule has 0 aliphatic heterocycles. The number of aliphatic hydroxyl groups is 1. The number of aliphatic hydroxyl groups excluding tert-OH is 1. The molecule has 0 saturated carbocycles. The van der Waals surface area contributed by atoms with Crippen LogP contribution in [0, 0.1) is 13.8 Å². The first-order chi connectivity index (χ1) is 11.5. The first kappa shape index (κ1) is 16.0. The smallest absolute Gasteiger partial charge is 0.269 e. The molecule has 0 bridgehead atoms. The number of H-pyrrole nitrogens is 1. The standard InChI is InChI=1S/C16H19N5O3/c1-9-15(10(2)21(3)20-9)11-7-12(19-18-11)16(23)17-8-13(22)14-5-4-6-24-14/h4-7,13,22H,8H2,1-3H3,(H,17,23)(H,18,19)/t13-/m1/s1. The molecule has 0 aliphatic rings. The van der Waals surface area contributed by atoms with Crippen molar-refractivity contribution in [3.63, 3.8) is 0 Å². The molecular formula is C16H19N5O3. The van der Waals surface area contributed by atoms with Crippen LogP contribution in [0.25, 0.3) is 11.3 Å². The van der Waals surface area contributed by atoms with E-state index in [4.69, 9.17) is 4.42 Å². The molecule has 3 N–H and O–H groups in total. The molecule has 0 aliphatic carbocycles. The van der Waals surface area contributed by atoms with Crippen LogP contribution >= 0.6 is 0 Å². The molecule has 126 valence electrons. The van der Waals surface area contributed by atoms with E-state index in [0.29, 0.717) is 17.1 Å². The number of amides is 1. The Morgan fingerprint density at radius 1 is 1.50 bits per heavy atom. The maximum atomic E-state index is 12.2. The van der Waals surface area contributed by atoms with Crippen LogP contribution in [0.15, 0.2) is 28.9 Å². The van der Waals surface area contributed by atoms with Gasteiger partial charge in [-0.3, -0.25) is 14.6 Å². The summed E-state index contributed by atoms with van der Waals surface area (Å²) in [6.45, 7) is 3.89. The molecule has 3 aromatic heterocycles. The van der Waals surface area contributed by atoms with Gasteiger partial charge in [-0.2, -0.15) is 10.2 Å². The molecule has 24 heavy (non-hydrogen) atoms. The van der Waals surface area contributed by atoms with E-state index in [-0.39, 0.29) is 12.5 Å². The van der Waals surface area contributed by atoms with Crippen LogP contribution in [-0.2, 0) is 7.05 Å². The van der Waals surface area contributed by atoms with Gasteiger partial charge in [0.25, 0.3) is 5.91 Å². The number of rotatable bonds is 5. The highest BCUT2D eigenvalue weighted by atomic mass is 16.4. The van der Waals surface area contributed by atoms with Crippen molar-refractivity contribution in [2.24, 2.45) is 7.05 Å². The first-order valence-electron chi connectivity index (χ1n) is 7.53. The molecule has 3 rings (SSSR count). The molecule has 0 spiro atoms. The summed E-state index contributed by atoms with van der Waals surface area (Å²) in [5.74, 6) is 0.0563. The summed E-state index contributed by atoms with van der Waals surface area (Å²) in [4.78, 5) is 12.2. The number of furan rings is 1. The van der Waals surface area contributed by atoms with Gasteiger partial charge in [0.2, 0.25) is 0 Å². The second-order valence-corrected chi connectivity index (χ2v) is 5.58. The molecule has 3 aromatic rings. The van der Waals surface area contributed by atoms with Crippen molar-refractivity contribution in [2.45, 2.75) is 20.0 Å². The van der Waals surface area contributed by atoms with E-state index in [1.54, 1.807) is 22.9 Å². The first-order valence-corrected chi connectivity index (χ1v) is 7.53. The van der Waals surface area contributed by atoms with Gasteiger partial charge in [0.05, 0.1) is 24.2 Å². The zero-order valence-electron chi connectivity index (χ0n) is 13.7. The topological polar surface area (TPSA) is 109 Å². The molecule has 0 fully saturated rings. The minimum absolute atomic E-state index is 0.0473. The van der Waals surface area contributed by atoms with Gasteiger partial charge in [-0.15, -0.1) is 0 Å². The lowest BCUT2D eigenvalue weighted by atomic mass is 10.1. The van der Waals surface area contributed by atoms with Crippen molar-refractivity contribution in [2.75, 3.05) is 6.54 Å². The fourth-order valence-electron chi connectivity index (χ4n) is 2.58. The minimum Gasteiger partial charge on any atom is -0.467 e. The van der Waals surface area contributed by atoms with Gasteiger partial charge in [0, 0.05) is 18.3 Å². The van der Waals surface area contributed by atoms with Gasteiger partial charge in [0.1, 0.15) is 17.6 Å². The third kappa shape index (κ3) is 2.95. The van der Waals surface area contributed by atoms with Crippen LogP contribution in [0.5, 0.6) is 0 Å².